The molecule has 0 saturated carbocycles. The number of benzene rings is 3. The third-order valence-electron chi connectivity index (χ3n) is 5.33. The van der Waals surface area contributed by atoms with Gasteiger partial charge in [-0.3, -0.25) is 4.79 Å². The number of fused-ring (bicyclic) bond motifs is 1. The SMILES string of the molecule is O=C(NCC1(O)CCNC1)c1ccc2cc(-c3ccccc3OC(F)(F)F)ccc2c1. The van der Waals surface area contributed by atoms with Gasteiger partial charge in [0.05, 0.1) is 5.60 Å². The molecule has 1 heterocycles. The number of hydrogen-bond acceptors (Lipinski definition) is 4. The van der Waals surface area contributed by atoms with Crippen molar-refractivity contribution in [3.8, 4) is 16.9 Å². The van der Waals surface area contributed by atoms with E-state index in [1.807, 2.05) is 0 Å². The molecule has 1 atom stereocenters. The smallest absolute Gasteiger partial charge is 0.405 e. The topological polar surface area (TPSA) is 70.6 Å². The van der Waals surface area contributed by atoms with E-state index in [1.54, 1.807) is 48.5 Å². The molecule has 31 heavy (non-hydrogen) atoms. The van der Waals surface area contributed by atoms with E-state index in [4.69, 9.17) is 0 Å². The number of hydrogen-bond donors (Lipinski definition) is 3. The zero-order chi connectivity index (χ0) is 22.1. The van der Waals surface area contributed by atoms with Gasteiger partial charge in [-0.15, -0.1) is 13.2 Å². The molecular formula is C23H21F3N2O3. The number of alkyl halides is 3. The summed E-state index contributed by atoms with van der Waals surface area (Å²) in [5.41, 5.74) is 0.394. The van der Waals surface area contributed by atoms with Gasteiger partial charge in [-0.2, -0.15) is 0 Å². The second kappa shape index (κ2) is 8.20. The van der Waals surface area contributed by atoms with Crippen molar-refractivity contribution < 1.29 is 27.8 Å². The maximum absolute atomic E-state index is 12.7. The number of aliphatic hydroxyl groups is 1. The van der Waals surface area contributed by atoms with Crippen LogP contribution < -0.4 is 15.4 Å². The van der Waals surface area contributed by atoms with Gasteiger partial charge in [-0.05, 0) is 53.6 Å². The molecule has 1 unspecified atom stereocenters. The Hall–Kier alpha value is -3.10. The number of carbonyl (C=O) groups excluding carboxylic acids is 1. The van der Waals surface area contributed by atoms with Crippen molar-refractivity contribution >= 4 is 16.7 Å². The van der Waals surface area contributed by atoms with E-state index in [0.717, 1.165) is 10.8 Å². The molecule has 0 aromatic heterocycles. The van der Waals surface area contributed by atoms with Gasteiger partial charge < -0.3 is 20.5 Å². The molecule has 0 aliphatic carbocycles. The highest BCUT2D eigenvalue weighted by molar-refractivity contribution is 5.99. The first-order valence-electron chi connectivity index (χ1n) is 9.83. The van der Waals surface area contributed by atoms with Crippen molar-refractivity contribution in [3.63, 3.8) is 0 Å². The normalized spacial score (nSPS) is 18.8. The van der Waals surface area contributed by atoms with Gasteiger partial charge in [0.2, 0.25) is 0 Å². The van der Waals surface area contributed by atoms with Crippen LogP contribution in [0.2, 0.25) is 0 Å². The number of rotatable bonds is 5. The van der Waals surface area contributed by atoms with Gasteiger partial charge in [-0.1, -0.05) is 36.4 Å². The first kappa shape index (κ1) is 21.1. The highest BCUT2D eigenvalue weighted by atomic mass is 19.4. The van der Waals surface area contributed by atoms with Gasteiger partial charge in [-0.25, -0.2) is 0 Å². The third kappa shape index (κ3) is 4.98. The molecule has 5 nitrogen and oxygen atoms in total. The Morgan fingerprint density at radius 2 is 1.84 bits per heavy atom. The van der Waals surface area contributed by atoms with Crippen LogP contribution in [0.15, 0.2) is 60.7 Å². The first-order chi connectivity index (χ1) is 14.7. The maximum Gasteiger partial charge on any atom is 0.573 e. The van der Waals surface area contributed by atoms with Crippen LogP contribution in [0.5, 0.6) is 5.75 Å². The van der Waals surface area contributed by atoms with Crippen molar-refractivity contribution in [2.45, 2.75) is 18.4 Å². The second-order valence-electron chi connectivity index (χ2n) is 7.65. The van der Waals surface area contributed by atoms with Gasteiger partial charge in [0, 0.05) is 24.2 Å². The second-order valence-corrected chi connectivity index (χ2v) is 7.65. The van der Waals surface area contributed by atoms with Crippen LogP contribution in [-0.2, 0) is 0 Å². The predicted octanol–water partition coefficient (Wildman–Crippen LogP) is 3.86. The lowest BCUT2D eigenvalue weighted by molar-refractivity contribution is -0.274. The molecule has 3 aromatic carbocycles. The Morgan fingerprint density at radius 3 is 2.58 bits per heavy atom. The van der Waals surface area contributed by atoms with E-state index in [2.05, 4.69) is 15.4 Å². The Bertz CT molecular complexity index is 1110. The fraction of sp³-hybridized carbons (Fsp3) is 0.261. The fourth-order valence-electron chi connectivity index (χ4n) is 3.70. The van der Waals surface area contributed by atoms with Crippen LogP contribution in [0.25, 0.3) is 21.9 Å². The Balaban J connectivity index is 1.56. The summed E-state index contributed by atoms with van der Waals surface area (Å²) in [7, 11) is 0. The van der Waals surface area contributed by atoms with Crippen LogP contribution in [0.1, 0.15) is 16.8 Å². The van der Waals surface area contributed by atoms with E-state index in [0.29, 0.717) is 36.2 Å². The quantitative estimate of drug-likeness (QED) is 0.575. The van der Waals surface area contributed by atoms with Crippen molar-refractivity contribution in [2.24, 2.45) is 0 Å². The Kier molecular flexibility index (Phi) is 5.60. The molecule has 4 rings (SSSR count). The van der Waals surface area contributed by atoms with E-state index < -0.39 is 12.0 Å². The van der Waals surface area contributed by atoms with Crippen LogP contribution in [0.4, 0.5) is 13.2 Å². The average Bonchev–Trinajstić information content (AvgIpc) is 3.17. The number of nitrogens with one attached hydrogen (secondary N) is 2. The summed E-state index contributed by atoms with van der Waals surface area (Å²) >= 11 is 0. The van der Waals surface area contributed by atoms with Crippen LogP contribution in [0, 0.1) is 0 Å². The number of halogens is 3. The average molecular weight is 430 g/mol. The number of amides is 1. The zero-order valence-electron chi connectivity index (χ0n) is 16.5. The number of β-amino-alcohol motifs (C(OH)–C–C–N with tert-alkyl or cyclic N) is 1. The third-order valence-corrected chi connectivity index (χ3v) is 5.33. The molecule has 0 radical (unpaired) electrons. The van der Waals surface area contributed by atoms with Gasteiger partial charge in [0.25, 0.3) is 5.91 Å². The fourth-order valence-corrected chi connectivity index (χ4v) is 3.70. The molecular weight excluding hydrogens is 409 g/mol. The van der Waals surface area contributed by atoms with Gasteiger partial charge in [0.1, 0.15) is 5.75 Å². The summed E-state index contributed by atoms with van der Waals surface area (Å²) < 4.78 is 42.3. The molecule has 1 saturated heterocycles. The van der Waals surface area contributed by atoms with Crippen LogP contribution in [0.3, 0.4) is 0 Å². The molecule has 8 heteroatoms. The molecule has 162 valence electrons. The molecule has 1 aliphatic rings. The van der Waals surface area contributed by atoms with E-state index >= 15 is 0 Å². The van der Waals surface area contributed by atoms with Gasteiger partial charge in [0.15, 0.2) is 0 Å². The summed E-state index contributed by atoms with van der Waals surface area (Å²) in [4.78, 5) is 12.5. The lowest BCUT2D eigenvalue weighted by Crippen LogP contribution is -2.44. The van der Waals surface area contributed by atoms with Crippen LogP contribution in [-0.4, -0.2) is 42.6 Å². The lowest BCUT2D eigenvalue weighted by Gasteiger charge is -2.21. The van der Waals surface area contributed by atoms with Crippen molar-refractivity contribution in [3.05, 3.63) is 66.2 Å². The number of para-hydroxylation sites is 1. The standard InChI is InChI=1S/C23H21F3N2O3/c24-23(25,26)31-20-4-2-1-3-19(20)17-7-5-16-12-18(8-6-15(16)11-17)21(29)28-14-22(30)9-10-27-13-22/h1-8,11-12,27,30H,9-10,13-14H2,(H,28,29). The van der Waals surface area contributed by atoms with Crippen LogP contribution >= 0.6 is 0 Å². The Morgan fingerprint density at radius 1 is 1.10 bits per heavy atom. The molecule has 3 N–H and O–H groups in total. The largest absolute Gasteiger partial charge is 0.573 e. The predicted molar refractivity (Wildman–Crippen MR) is 111 cm³/mol. The summed E-state index contributed by atoms with van der Waals surface area (Å²) in [6, 6.07) is 16.3. The minimum Gasteiger partial charge on any atom is -0.405 e. The minimum atomic E-state index is -4.78. The number of ether oxygens (including phenoxy) is 1. The summed E-state index contributed by atoms with van der Waals surface area (Å²) in [5.74, 6) is -0.570. The van der Waals surface area contributed by atoms with Gasteiger partial charge >= 0.3 is 6.36 Å². The summed E-state index contributed by atoms with van der Waals surface area (Å²) in [6.45, 7) is 1.31. The van der Waals surface area contributed by atoms with Crippen molar-refractivity contribution in [1.82, 2.24) is 10.6 Å². The Labute approximate surface area is 176 Å². The monoisotopic (exact) mass is 430 g/mol. The highest BCUT2D eigenvalue weighted by Gasteiger charge is 2.32. The molecule has 1 amide bonds. The summed E-state index contributed by atoms with van der Waals surface area (Å²) in [6.07, 6.45) is -4.20. The van der Waals surface area contributed by atoms with E-state index in [1.165, 1.54) is 12.1 Å². The molecule has 1 fully saturated rings. The van der Waals surface area contributed by atoms with E-state index in [-0.39, 0.29) is 18.2 Å². The van der Waals surface area contributed by atoms with Crippen molar-refractivity contribution in [2.75, 3.05) is 19.6 Å². The lowest BCUT2D eigenvalue weighted by atomic mass is 9.99. The highest BCUT2D eigenvalue weighted by Crippen LogP contribution is 2.35. The molecule has 1 aliphatic heterocycles. The summed E-state index contributed by atoms with van der Waals surface area (Å²) in [5, 5.41) is 17.7. The molecule has 0 spiro atoms. The number of carbonyl (C=O) groups is 1. The minimum absolute atomic E-state index is 0.159. The molecule has 3 aromatic rings. The van der Waals surface area contributed by atoms with E-state index in [9.17, 15) is 23.1 Å². The first-order valence-corrected chi connectivity index (χ1v) is 9.83. The zero-order valence-corrected chi connectivity index (χ0v) is 16.5. The molecule has 0 bridgehead atoms. The maximum atomic E-state index is 12.7. The van der Waals surface area contributed by atoms with Crippen molar-refractivity contribution in [1.29, 1.82) is 0 Å².